The first kappa shape index (κ1) is 19.4. The van der Waals surface area contributed by atoms with Crippen LogP contribution in [0.25, 0.3) is 0 Å². The first-order valence-corrected chi connectivity index (χ1v) is 8.57. The zero-order valence-corrected chi connectivity index (χ0v) is 15.2. The van der Waals surface area contributed by atoms with E-state index in [1.807, 2.05) is 30.3 Å². The van der Waals surface area contributed by atoms with Gasteiger partial charge in [-0.25, -0.2) is 4.79 Å². The molecule has 1 atom stereocenters. The molecule has 0 saturated carbocycles. The third-order valence-corrected chi connectivity index (χ3v) is 3.68. The van der Waals surface area contributed by atoms with Crippen LogP contribution in [0.4, 0.5) is 5.69 Å². The van der Waals surface area contributed by atoms with E-state index in [9.17, 15) is 9.59 Å². The van der Waals surface area contributed by atoms with Crippen LogP contribution in [0.15, 0.2) is 51.9 Å². The van der Waals surface area contributed by atoms with E-state index in [1.165, 1.54) is 0 Å². The maximum Gasteiger partial charge on any atom is 0.374 e. The molecule has 0 aliphatic carbocycles. The number of nitrogens with zero attached hydrogens (tertiary/aromatic N) is 1. The summed E-state index contributed by atoms with van der Waals surface area (Å²) in [6.07, 6.45) is 0.250. The van der Waals surface area contributed by atoms with E-state index in [4.69, 9.17) is 13.9 Å². The van der Waals surface area contributed by atoms with Crippen LogP contribution in [0.5, 0.6) is 0 Å². The molecule has 2 rings (SSSR count). The summed E-state index contributed by atoms with van der Waals surface area (Å²) in [4.78, 5) is 28.6. The normalized spacial score (nSPS) is 12.5. The van der Waals surface area contributed by atoms with Gasteiger partial charge >= 0.3 is 11.9 Å². The van der Waals surface area contributed by atoms with Crippen LogP contribution < -0.4 is 0 Å². The van der Waals surface area contributed by atoms with Gasteiger partial charge in [0.05, 0.1) is 18.9 Å². The van der Waals surface area contributed by atoms with Crippen LogP contribution >= 0.6 is 0 Å². The second-order valence-electron chi connectivity index (χ2n) is 5.58. The van der Waals surface area contributed by atoms with Gasteiger partial charge in [-0.3, -0.25) is 9.79 Å². The first-order chi connectivity index (χ1) is 12.5. The van der Waals surface area contributed by atoms with Gasteiger partial charge in [-0.2, -0.15) is 0 Å². The van der Waals surface area contributed by atoms with Crippen molar-refractivity contribution in [2.24, 2.45) is 10.9 Å². The molecule has 138 valence electrons. The Morgan fingerprint density at radius 1 is 1.04 bits per heavy atom. The van der Waals surface area contributed by atoms with E-state index in [0.717, 1.165) is 5.69 Å². The van der Waals surface area contributed by atoms with Gasteiger partial charge in [0.25, 0.3) is 0 Å². The summed E-state index contributed by atoms with van der Waals surface area (Å²) in [6.45, 7) is 5.81. The van der Waals surface area contributed by atoms with Crippen molar-refractivity contribution in [2.75, 3.05) is 13.2 Å². The summed E-state index contributed by atoms with van der Waals surface area (Å²) in [5, 5.41) is 0. The van der Waals surface area contributed by atoms with Crippen molar-refractivity contribution in [1.29, 1.82) is 0 Å². The minimum Gasteiger partial charge on any atom is -0.465 e. The molecule has 0 N–H and O–H groups in total. The third-order valence-electron chi connectivity index (χ3n) is 3.68. The minimum atomic E-state index is -0.601. The van der Waals surface area contributed by atoms with Crippen LogP contribution in [-0.2, 0) is 20.7 Å². The Labute approximate surface area is 152 Å². The number of aliphatic imine (C=N–C) groups is 1. The summed E-state index contributed by atoms with van der Waals surface area (Å²) in [6, 6.07) is 12.6. The van der Waals surface area contributed by atoms with Crippen molar-refractivity contribution in [3.05, 3.63) is 54.0 Å². The smallest absolute Gasteiger partial charge is 0.374 e. The average Bonchev–Trinajstić information content (AvgIpc) is 3.09. The SMILES string of the molecule is CCOC(=O)c1ccc(CC(C(=O)OCC)C(C)=Nc2ccccc2)o1. The number of carbonyl (C=O) groups is 2. The Kier molecular flexibility index (Phi) is 7.14. The van der Waals surface area contributed by atoms with Crippen LogP contribution in [0.3, 0.4) is 0 Å². The lowest BCUT2D eigenvalue weighted by atomic mass is 9.99. The molecular weight excluding hydrogens is 334 g/mol. The highest BCUT2D eigenvalue weighted by molar-refractivity contribution is 6.02. The van der Waals surface area contributed by atoms with Crippen LogP contribution in [0, 0.1) is 5.92 Å². The summed E-state index contributed by atoms with van der Waals surface area (Å²) < 4.78 is 15.6. The number of rotatable bonds is 8. The lowest BCUT2D eigenvalue weighted by Gasteiger charge is -2.14. The molecule has 6 heteroatoms. The topological polar surface area (TPSA) is 78.1 Å². The maximum atomic E-state index is 12.4. The zero-order valence-electron chi connectivity index (χ0n) is 15.2. The van der Waals surface area contributed by atoms with E-state index >= 15 is 0 Å². The maximum absolute atomic E-state index is 12.4. The van der Waals surface area contributed by atoms with Crippen molar-refractivity contribution >= 4 is 23.3 Å². The Morgan fingerprint density at radius 3 is 2.38 bits per heavy atom. The zero-order chi connectivity index (χ0) is 18.9. The van der Waals surface area contributed by atoms with Gasteiger partial charge in [-0.15, -0.1) is 0 Å². The number of para-hydroxylation sites is 1. The van der Waals surface area contributed by atoms with Crippen LogP contribution in [-0.4, -0.2) is 30.9 Å². The monoisotopic (exact) mass is 357 g/mol. The fourth-order valence-electron chi connectivity index (χ4n) is 2.43. The van der Waals surface area contributed by atoms with Gasteiger partial charge < -0.3 is 13.9 Å². The Hall–Kier alpha value is -2.89. The predicted molar refractivity (Wildman–Crippen MR) is 97.7 cm³/mol. The van der Waals surface area contributed by atoms with Gasteiger partial charge in [0.2, 0.25) is 5.76 Å². The van der Waals surface area contributed by atoms with E-state index < -0.39 is 11.9 Å². The van der Waals surface area contributed by atoms with Crippen molar-refractivity contribution < 1.29 is 23.5 Å². The quantitative estimate of drug-likeness (QED) is 0.528. The highest BCUT2D eigenvalue weighted by atomic mass is 16.5. The number of benzene rings is 1. The van der Waals surface area contributed by atoms with Gasteiger partial charge in [0.1, 0.15) is 11.7 Å². The Balaban J connectivity index is 2.21. The van der Waals surface area contributed by atoms with Crippen molar-refractivity contribution in [3.8, 4) is 0 Å². The molecule has 0 saturated heterocycles. The number of hydrogen-bond acceptors (Lipinski definition) is 6. The molecule has 2 aromatic rings. The molecule has 1 unspecified atom stereocenters. The number of hydrogen-bond donors (Lipinski definition) is 0. The summed E-state index contributed by atoms with van der Waals surface area (Å²) in [7, 11) is 0. The standard InChI is InChI=1S/C20H23NO5/c1-4-24-19(22)17(14(3)21-15-9-7-6-8-10-15)13-16-11-12-18(26-16)20(23)25-5-2/h6-12,17H,4-5,13H2,1-3H3. The highest BCUT2D eigenvalue weighted by Crippen LogP contribution is 2.19. The molecule has 0 bridgehead atoms. The molecule has 0 amide bonds. The van der Waals surface area contributed by atoms with E-state index in [2.05, 4.69) is 4.99 Å². The Morgan fingerprint density at radius 2 is 1.73 bits per heavy atom. The molecule has 26 heavy (non-hydrogen) atoms. The lowest BCUT2D eigenvalue weighted by Crippen LogP contribution is -2.26. The fourth-order valence-corrected chi connectivity index (χ4v) is 2.43. The van der Waals surface area contributed by atoms with Crippen LogP contribution in [0.2, 0.25) is 0 Å². The Bertz CT molecular complexity index is 764. The van der Waals surface area contributed by atoms with E-state index in [0.29, 0.717) is 11.5 Å². The number of carbonyl (C=O) groups excluding carboxylic acids is 2. The molecule has 0 aliphatic heterocycles. The van der Waals surface area contributed by atoms with Crippen molar-refractivity contribution in [2.45, 2.75) is 27.2 Å². The highest BCUT2D eigenvalue weighted by Gasteiger charge is 2.26. The molecule has 0 spiro atoms. The molecule has 1 aromatic carbocycles. The van der Waals surface area contributed by atoms with Gasteiger partial charge in [-0.05, 0) is 45.0 Å². The van der Waals surface area contributed by atoms with Gasteiger partial charge in [-0.1, -0.05) is 18.2 Å². The predicted octanol–water partition coefficient (Wildman–Crippen LogP) is 3.97. The minimum absolute atomic E-state index is 0.113. The first-order valence-electron chi connectivity index (χ1n) is 8.57. The van der Waals surface area contributed by atoms with Gasteiger partial charge in [0.15, 0.2) is 0 Å². The molecule has 0 aliphatic rings. The second kappa shape index (κ2) is 9.56. The van der Waals surface area contributed by atoms with E-state index in [1.54, 1.807) is 32.9 Å². The molecular formula is C20H23NO5. The summed E-state index contributed by atoms with van der Waals surface area (Å²) in [5.74, 6) is -0.896. The average molecular weight is 357 g/mol. The third kappa shape index (κ3) is 5.31. The largest absolute Gasteiger partial charge is 0.465 e. The molecule has 1 aromatic heterocycles. The lowest BCUT2D eigenvalue weighted by molar-refractivity contribution is -0.145. The molecule has 6 nitrogen and oxygen atoms in total. The molecule has 0 radical (unpaired) electrons. The number of furan rings is 1. The number of ether oxygens (including phenoxy) is 2. The molecule has 1 heterocycles. The van der Waals surface area contributed by atoms with Crippen molar-refractivity contribution in [3.63, 3.8) is 0 Å². The number of esters is 2. The fraction of sp³-hybridized carbons (Fsp3) is 0.350. The second-order valence-corrected chi connectivity index (χ2v) is 5.58. The van der Waals surface area contributed by atoms with E-state index in [-0.39, 0.29) is 31.4 Å². The van der Waals surface area contributed by atoms with Gasteiger partial charge in [0, 0.05) is 12.1 Å². The summed E-state index contributed by atoms with van der Waals surface area (Å²) in [5.41, 5.74) is 1.37. The van der Waals surface area contributed by atoms with Crippen molar-refractivity contribution in [1.82, 2.24) is 0 Å². The summed E-state index contributed by atoms with van der Waals surface area (Å²) >= 11 is 0. The van der Waals surface area contributed by atoms with Crippen LogP contribution in [0.1, 0.15) is 37.1 Å². The molecule has 0 fully saturated rings.